The first-order valence-electron chi connectivity index (χ1n) is 6.15. The fraction of sp³-hybridized carbons (Fsp3) is 0.0714. The maximum atomic E-state index is 11.3. The molecule has 0 aliphatic heterocycles. The lowest BCUT2D eigenvalue weighted by atomic mass is 10.2. The van der Waals surface area contributed by atoms with E-state index in [1.54, 1.807) is 29.8 Å². The summed E-state index contributed by atoms with van der Waals surface area (Å²) < 4.78 is 6.41. The Balaban J connectivity index is 2.02. The molecule has 3 aromatic rings. The highest BCUT2D eigenvalue weighted by Crippen LogP contribution is 2.38. The number of hydrogen-bond acceptors (Lipinski definition) is 6. The van der Waals surface area contributed by atoms with Crippen LogP contribution in [0.5, 0.6) is 11.5 Å². The molecule has 0 radical (unpaired) electrons. The molecule has 0 aliphatic rings. The van der Waals surface area contributed by atoms with Gasteiger partial charge in [0, 0.05) is 12.7 Å². The Bertz CT molecular complexity index is 799. The summed E-state index contributed by atoms with van der Waals surface area (Å²) >= 11 is 1.36. The topological polar surface area (TPSA) is 77.3 Å². The van der Waals surface area contributed by atoms with Crippen molar-refractivity contribution in [2.75, 3.05) is 12.4 Å². The van der Waals surface area contributed by atoms with Crippen LogP contribution in [0.3, 0.4) is 0 Å². The van der Waals surface area contributed by atoms with Gasteiger partial charge in [-0.3, -0.25) is 10.1 Å². The second-order valence-corrected chi connectivity index (χ2v) is 5.13. The van der Waals surface area contributed by atoms with Crippen molar-refractivity contribution in [3.63, 3.8) is 0 Å². The van der Waals surface area contributed by atoms with Crippen molar-refractivity contribution < 1.29 is 9.66 Å². The van der Waals surface area contributed by atoms with Crippen LogP contribution in [0.2, 0.25) is 0 Å². The van der Waals surface area contributed by atoms with Crippen LogP contribution in [0, 0.1) is 10.1 Å². The fourth-order valence-corrected chi connectivity index (χ4v) is 2.65. The fourth-order valence-electron chi connectivity index (χ4n) is 1.97. The maximum Gasteiger partial charge on any atom is 0.338 e. The van der Waals surface area contributed by atoms with Crippen molar-refractivity contribution in [3.8, 4) is 11.5 Å². The average Bonchev–Trinajstić information content (AvgIpc) is 2.95. The molecule has 106 valence electrons. The minimum Gasteiger partial charge on any atom is -0.450 e. The molecule has 21 heavy (non-hydrogen) atoms. The van der Waals surface area contributed by atoms with Crippen molar-refractivity contribution >= 4 is 32.9 Å². The first-order chi connectivity index (χ1) is 10.2. The third-order valence-corrected chi connectivity index (χ3v) is 3.79. The van der Waals surface area contributed by atoms with Crippen molar-refractivity contribution in [2.24, 2.45) is 0 Å². The molecule has 3 rings (SSSR count). The van der Waals surface area contributed by atoms with Crippen molar-refractivity contribution in [3.05, 3.63) is 52.0 Å². The largest absolute Gasteiger partial charge is 0.450 e. The van der Waals surface area contributed by atoms with E-state index >= 15 is 0 Å². The highest BCUT2D eigenvalue weighted by Gasteiger charge is 2.22. The van der Waals surface area contributed by atoms with Crippen molar-refractivity contribution in [1.82, 2.24) is 4.98 Å². The first-order valence-corrected chi connectivity index (χ1v) is 7.03. The average molecular weight is 301 g/mol. The van der Waals surface area contributed by atoms with E-state index < -0.39 is 4.92 Å². The molecule has 0 bridgehead atoms. The van der Waals surface area contributed by atoms with Gasteiger partial charge in [0.25, 0.3) is 0 Å². The standard InChI is InChI=1S/C14H11N3O3S/c1-15-9-2-4-10(5-3-9)20-11-6-7-12-13(16-8-21-12)14(11)17(18)19/h2-8,15H,1H3. The summed E-state index contributed by atoms with van der Waals surface area (Å²) in [7, 11) is 1.82. The lowest BCUT2D eigenvalue weighted by Crippen LogP contribution is -1.95. The predicted molar refractivity (Wildman–Crippen MR) is 82.3 cm³/mol. The SMILES string of the molecule is CNc1ccc(Oc2ccc3scnc3c2[N+](=O)[O-])cc1. The summed E-state index contributed by atoms with van der Waals surface area (Å²) in [5, 5.41) is 14.3. The molecular weight excluding hydrogens is 290 g/mol. The predicted octanol–water partition coefficient (Wildman–Crippen LogP) is 4.04. The van der Waals surface area contributed by atoms with Gasteiger partial charge in [0.2, 0.25) is 5.75 Å². The Kier molecular flexibility index (Phi) is 3.41. The molecule has 0 saturated carbocycles. The summed E-state index contributed by atoms with van der Waals surface area (Å²) in [4.78, 5) is 14.9. The Morgan fingerprint density at radius 1 is 1.24 bits per heavy atom. The summed E-state index contributed by atoms with van der Waals surface area (Å²) in [6.45, 7) is 0. The lowest BCUT2D eigenvalue weighted by molar-refractivity contribution is -0.384. The van der Waals surface area contributed by atoms with Crippen LogP contribution in [0.4, 0.5) is 11.4 Å². The van der Waals surface area contributed by atoms with E-state index in [0.717, 1.165) is 10.4 Å². The molecule has 6 nitrogen and oxygen atoms in total. The zero-order valence-corrected chi connectivity index (χ0v) is 11.9. The van der Waals surface area contributed by atoms with Crippen LogP contribution < -0.4 is 10.1 Å². The molecule has 0 fully saturated rings. The van der Waals surface area contributed by atoms with Gasteiger partial charge in [-0.05, 0) is 36.4 Å². The van der Waals surface area contributed by atoms with Gasteiger partial charge in [0.1, 0.15) is 5.75 Å². The van der Waals surface area contributed by atoms with Crippen LogP contribution in [0.25, 0.3) is 10.2 Å². The van der Waals surface area contributed by atoms with E-state index in [0.29, 0.717) is 11.3 Å². The molecule has 7 heteroatoms. The second-order valence-electron chi connectivity index (χ2n) is 4.24. The highest BCUT2D eigenvalue weighted by molar-refractivity contribution is 7.16. The summed E-state index contributed by atoms with van der Waals surface area (Å²) in [6, 6.07) is 10.6. The summed E-state index contributed by atoms with van der Waals surface area (Å²) in [5.74, 6) is 0.724. The van der Waals surface area contributed by atoms with Gasteiger partial charge in [-0.25, -0.2) is 4.98 Å². The van der Waals surface area contributed by atoms with E-state index in [9.17, 15) is 10.1 Å². The van der Waals surface area contributed by atoms with E-state index in [2.05, 4.69) is 10.3 Å². The number of anilines is 1. The Morgan fingerprint density at radius 2 is 2.00 bits per heavy atom. The number of nitrogens with one attached hydrogen (secondary N) is 1. The van der Waals surface area contributed by atoms with Gasteiger partial charge >= 0.3 is 5.69 Å². The molecule has 1 aromatic heterocycles. The molecule has 0 unspecified atom stereocenters. The van der Waals surface area contributed by atoms with E-state index in [1.165, 1.54) is 11.3 Å². The van der Waals surface area contributed by atoms with Crippen LogP contribution >= 0.6 is 11.3 Å². The second kappa shape index (κ2) is 5.37. The number of nitrogens with zero attached hydrogens (tertiary/aromatic N) is 2. The van der Waals surface area contributed by atoms with E-state index in [1.807, 2.05) is 19.2 Å². The number of aromatic nitrogens is 1. The monoisotopic (exact) mass is 301 g/mol. The number of nitro benzene ring substituents is 1. The summed E-state index contributed by atoms with van der Waals surface area (Å²) in [6.07, 6.45) is 0. The van der Waals surface area contributed by atoms with Gasteiger partial charge in [-0.15, -0.1) is 11.3 Å². The third-order valence-electron chi connectivity index (χ3n) is 2.99. The first kappa shape index (κ1) is 13.3. The molecular formula is C14H11N3O3S. The molecule has 0 spiro atoms. The molecule has 0 amide bonds. The number of benzene rings is 2. The van der Waals surface area contributed by atoms with Crippen molar-refractivity contribution in [1.29, 1.82) is 0 Å². The highest BCUT2D eigenvalue weighted by atomic mass is 32.1. The van der Waals surface area contributed by atoms with Gasteiger partial charge in [-0.1, -0.05) is 0 Å². The number of rotatable bonds is 4. The van der Waals surface area contributed by atoms with Gasteiger partial charge < -0.3 is 10.1 Å². The van der Waals surface area contributed by atoms with E-state index in [-0.39, 0.29) is 11.4 Å². The number of hydrogen-bond donors (Lipinski definition) is 1. The van der Waals surface area contributed by atoms with Gasteiger partial charge in [0.05, 0.1) is 15.1 Å². The Hall–Kier alpha value is -2.67. The Labute approximate surface area is 124 Å². The summed E-state index contributed by atoms with van der Waals surface area (Å²) in [5.41, 5.74) is 2.77. The molecule has 0 atom stereocenters. The number of ether oxygens (including phenoxy) is 1. The van der Waals surface area contributed by atoms with Gasteiger partial charge in [0.15, 0.2) is 5.52 Å². The number of nitro groups is 1. The Morgan fingerprint density at radius 3 is 2.67 bits per heavy atom. The minimum atomic E-state index is -0.459. The zero-order chi connectivity index (χ0) is 14.8. The minimum absolute atomic E-state index is 0.105. The normalized spacial score (nSPS) is 10.5. The lowest BCUT2D eigenvalue weighted by Gasteiger charge is -2.07. The third kappa shape index (κ3) is 2.50. The quantitative estimate of drug-likeness (QED) is 0.581. The molecule has 0 saturated heterocycles. The molecule has 1 heterocycles. The maximum absolute atomic E-state index is 11.3. The van der Waals surface area contributed by atoms with Crippen LogP contribution in [0.15, 0.2) is 41.9 Å². The van der Waals surface area contributed by atoms with Crippen LogP contribution in [-0.2, 0) is 0 Å². The smallest absolute Gasteiger partial charge is 0.338 e. The zero-order valence-electron chi connectivity index (χ0n) is 11.1. The van der Waals surface area contributed by atoms with Crippen LogP contribution in [-0.4, -0.2) is 17.0 Å². The molecule has 2 aromatic carbocycles. The van der Waals surface area contributed by atoms with Gasteiger partial charge in [-0.2, -0.15) is 0 Å². The van der Waals surface area contributed by atoms with Crippen molar-refractivity contribution in [2.45, 2.75) is 0 Å². The number of fused-ring (bicyclic) bond motifs is 1. The van der Waals surface area contributed by atoms with E-state index in [4.69, 9.17) is 4.74 Å². The molecule has 1 N–H and O–H groups in total. The molecule has 0 aliphatic carbocycles. The number of thiazole rings is 1. The van der Waals surface area contributed by atoms with Crippen LogP contribution in [0.1, 0.15) is 0 Å².